The Labute approximate surface area is 158 Å². The average Bonchev–Trinajstić information content (AvgIpc) is 3.03. The van der Waals surface area contributed by atoms with Gasteiger partial charge in [0.15, 0.2) is 0 Å². The van der Waals surface area contributed by atoms with Gasteiger partial charge in [-0.2, -0.15) is 0 Å². The van der Waals surface area contributed by atoms with Gasteiger partial charge in [-0.1, -0.05) is 6.92 Å². The van der Waals surface area contributed by atoms with E-state index in [0.717, 1.165) is 47.6 Å². The molecule has 27 heavy (non-hydrogen) atoms. The van der Waals surface area contributed by atoms with Crippen LogP contribution in [0.5, 0.6) is 0 Å². The number of rotatable bonds is 5. The third-order valence-corrected chi connectivity index (χ3v) is 5.14. The van der Waals surface area contributed by atoms with E-state index in [-0.39, 0.29) is 11.9 Å². The molecule has 1 fully saturated rings. The number of imidazole rings is 1. The largest absolute Gasteiger partial charge is 0.347 e. The number of aryl methyl sites for hydroxylation is 2. The van der Waals surface area contributed by atoms with Crippen molar-refractivity contribution < 1.29 is 4.79 Å². The number of benzene rings is 1. The monoisotopic (exact) mass is 364 g/mol. The summed E-state index contributed by atoms with van der Waals surface area (Å²) in [6, 6.07) is 8.14. The van der Waals surface area contributed by atoms with E-state index < -0.39 is 0 Å². The summed E-state index contributed by atoms with van der Waals surface area (Å²) in [7, 11) is 3.97. The zero-order valence-corrected chi connectivity index (χ0v) is 15.9. The molecule has 7 nitrogen and oxygen atoms in total. The Kier molecular flexibility index (Phi) is 4.53. The highest BCUT2D eigenvalue weighted by Gasteiger charge is 2.20. The van der Waals surface area contributed by atoms with Gasteiger partial charge in [-0.25, -0.2) is 9.97 Å². The van der Waals surface area contributed by atoms with Gasteiger partial charge in [-0.05, 0) is 30.2 Å². The molecule has 2 aromatic heterocycles. The van der Waals surface area contributed by atoms with E-state index in [1.165, 1.54) is 0 Å². The molecule has 0 aliphatic carbocycles. The van der Waals surface area contributed by atoms with E-state index >= 15 is 0 Å². The molecular weight excluding hydrogens is 340 g/mol. The summed E-state index contributed by atoms with van der Waals surface area (Å²) < 4.78 is 1.98. The topological polar surface area (TPSA) is 75.1 Å². The van der Waals surface area contributed by atoms with Crippen molar-refractivity contribution in [1.82, 2.24) is 25.2 Å². The third-order valence-electron chi connectivity index (χ3n) is 5.14. The number of pyridine rings is 1. The molecule has 1 amide bonds. The summed E-state index contributed by atoms with van der Waals surface area (Å²) in [5.41, 5.74) is 4.78. The molecule has 1 aromatic carbocycles. The van der Waals surface area contributed by atoms with E-state index in [2.05, 4.69) is 32.4 Å². The molecule has 1 saturated heterocycles. The summed E-state index contributed by atoms with van der Waals surface area (Å²) in [4.78, 5) is 23.4. The predicted octanol–water partition coefficient (Wildman–Crippen LogP) is 2.00. The molecule has 1 aliphatic heterocycles. The van der Waals surface area contributed by atoms with E-state index in [1.54, 1.807) is 12.5 Å². The zero-order valence-electron chi connectivity index (χ0n) is 15.9. The van der Waals surface area contributed by atoms with Crippen molar-refractivity contribution >= 4 is 28.4 Å². The number of fused-ring (bicyclic) bond motifs is 1. The second-order valence-electron chi connectivity index (χ2n) is 6.97. The van der Waals surface area contributed by atoms with Crippen molar-refractivity contribution in [2.24, 2.45) is 7.05 Å². The summed E-state index contributed by atoms with van der Waals surface area (Å²) in [6.45, 7) is 3.78. The Balaban J connectivity index is 1.62. The fourth-order valence-corrected chi connectivity index (χ4v) is 3.32. The van der Waals surface area contributed by atoms with Gasteiger partial charge in [0.05, 0.1) is 24.1 Å². The van der Waals surface area contributed by atoms with Crippen molar-refractivity contribution in [3.63, 3.8) is 0 Å². The summed E-state index contributed by atoms with van der Waals surface area (Å²) in [5, 5.41) is 6.21. The summed E-state index contributed by atoms with van der Waals surface area (Å²) in [5.74, 6) is 0.832. The Morgan fingerprint density at radius 1 is 1.33 bits per heavy atom. The first-order valence-corrected chi connectivity index (χ1v) is 9.22. The molecule has 1 aliphatic rings. The maximum atomic E-state index is 12.4. The molecule has 0 atom stereocenters. The van der Waals surface area contributed by atoms with Gasteiger partial charge >= 0.3 is 0 Å². The standard InChI is InChI=1S/C20H24N6O/c1-4-13-7-14(20(27)24-15-9-21-10-15)5-6-17(13)26(3)19-8-18-16(11-22-19)23-12-25(18)2/h5-8,11-12,15,21H,4,9-10H2,1-3H3,(H,24,27). The predicted molar refractivity (Wildman–Crippen MR) is 107 cm³/mol. The van der Waals surface area contributed by atoms with E-state index in [0.29, 0.717) is 5.56 Å². The van der Waals surface area contributed by atoms with Crippen molar-refractivity contribution in [3.8, 4) is 0 Å². The average molecular weight is 364 g/mol. The number of amides is 1. The Morgan fingerprint density at radius 2 is 2.15 bits per heavy atom. The van der Waals surface area contributed by atoms with Crippen LogP contribution in [-0.2, 0) is 13.5 Å². The van der Waals surface area contributed by atoms with Gasteiger partial charge in [0.2, 0.25) is 0 Å². The van der Waals surface area contributed by atoms with Gasteiger partial charge in [0.25, 0.3) is 5.91 Å². The molecule has 0 saturated carbocycles. The second-order valence-corrected chi connectivity index (χ2v) is 6.97. The number of anilines is 2. The van der Waals surface area contributed by atoms with Crippen LogP contribution < -0.4 is 15.5 Å². The van der Waals surface area contributed by atoms with Crippen molar-refractivity contribution in [1.29, 1.82) is 0 Å². The molecule has 4 rings (SSSR count). The van der Waals surface area contributed by atoms with Crippen LogP contribution >= 0.6 is 0 Å². The van der Waals surface area contributed by atoms with Gasteiger partial charge in [0.1, 0.15) is 11.3 Å². The lowest BCUT2D eigenvalue weighted by atomic mass is 10.0. The number of nitrogens with zero attached hydrogens (tertiary/aromatic N) is 4. The Hall–Kier alpha value is -2.93. The molecular formula is C20H24N6O. The minimum Gasteiger partial charge on any atom is -0.347 e. The van der Waals surface area contributed by atoms with Crippen LogP contribution in [0.15, 0.2) is 36.8 Å². The fraction of sp³-hybridized carbons (Fsp3) is 0.350. The van der Waals surface area contributed by atoms with Crippen LogP contribution in [-0.4, -0.2) is 46.6 Å². The lowest BCUT2D eigenvalue weighted by Crippen LogP contribution is -2.56. The highest BCUT2D eigenvalue weighted by Crippen LogP contribution is 2.28. The highest BCUT2D eigenvalue weighted by molar-refractivity contribution is 5.95. The van der Waals surface area contributed by atoms with Crippen LogP contribution in [0, 0.1) is 0 Å². The summed E-state index contributed by atoms with van der Waals surface area (Å²) >= 11 is 0. The first-order chi connectivity index (χ1) is 13.1. The normalized spacial score (nSPS) is 14.2. The molecule has 3 aromatic rings. The molecule has 0 unspecified atom stereocenters. The smallest absolute Gasteiger partial charge is 0.251 e. The first kappa shape index (κ1) is 17.5. The zero-order chi connectivity index (χ0) is 19.0. The van der Waals surface area contributed by atoms with Crippen molar-refractivity contribution in [2.75, 3.05) is 25.0 Å². The number of carbonyl (C=O) groups is 1. The molecule has 0 radical (unpaired) electrons. The third kappa shape index (κ3) is 3.26. The van der Waals surface area contributed by atoms with Crippen LogP contribution in [0.4, 0.5) is 11.5 Å². The maximum Gasteiger partial charge on any atom is 0.251 e. The minimum atomic E-state index is -0.0140. The Morgan fingerprint density at radius 3 is 2.85 bits per heavy atom. The van der Waals surface area contributed by atoms with Crippen LogP contribution in [0.1, 0.15) is 22.8 Å². The highest BCUT2D eigenvalue weighted by atomic mass is 16.1. The Bertz CT molecular complexity index is 991. The summed E-state index contributed by atoms with van der Waals surface area (Å²) in [6.07, 6.45) is 4.42. The molecule has 3 heterocycles. The first-order valence-electron chi connectivity index (χ1n) is 9.22. The number of hydrogen-bond acceptors (Lipinski definition) is 5. The van der Waals surface area contributed by atoms with Gasteiger partial charge in [0, 0.05) is 44.5 Å². The van der Waals surface area contributed by atoms with Gasteiger partial charge in [-0.15, -0.1) is 0 Å². The number of hydrogen-bond donors (Lipinski definition) is 2. The minimum absolute atomic E-state index is 0.0140. The van der Waals surface area contributed by atoms with Crippen molar-refractivity contribution in [2.45, 2.75) is 19.4 Å². The molecule has 0 bridgehead atoms. The molecule has 0 spiro atoms. The van der Waals surface area contributed by atoms with E-state index in [9.17, 15) is 4.79 Å². The number of carbonyl (C=O) groups excluding carboxylic acids is 1. The fourth-order valence-electron chi connectivity index (χ4n) is 3.32. The van der Waals surface area contributed by atoms with E-state index in [1.807, 2.05) is 42.9 Å². The van der Waals surface area contributed by atoms with Crippen LogP contribution in [0.2, 0.25) is 0 Å². The van der Waals surface area contributed by atoms with E-state index in [4.69, 9.17) is 0 Å². The van der Waals surface area contributed by atoms with Crippen LogP contribution in [0.3, 0.4) is 0 Å². The SMILES string of the molecule is CCc1cc(C(=O)NC2CNC2)ccc1N(C)c1cc2c(cn1)ncn2C. The number of nitrogens with one attached hydrogen (secondary N) is 2. The van der Waals surface area contributed by atoms with Crippen LogP contribution in [0.25, 0.3) is 11.0 Å². The molecule has 140 valence electrons. The lowest BCUT2D eigenvalue weighted by Gasteiger charge is -2.28. The number of aromatic nitrogens is 3. The lowest BCUT2D eigenvalue weighted by molar-refractivity contribution is 0.0924. The molecule has 2 N–H and O–H groups in total. The maximum absolute atomic E-state index is 12.4. The second kappa shape index (κ2) is 7.00. The van der Waals surface area contributed by atoms with Gasteiger partial charge in [-0.3, -0.25) is 4.79 Å². The van der Waals surface area contributed by atoms with Gasteiger partial charge < -0.3 is 20.1 Å². The quantitative estimate of drug-likeness (QED) is 0.724. The van der Waals surface area contributed by atoms with Crippen molar-refractivity contribution in [3.05, 3.63) is 47.9 Å². The molecule has 7 heteroatoms.